The summed E-state index contributed by atoms with van der Waals surface area (Å²) in [7, 11) is -1.35. The van der Waals surface area contributed by atoms with Crippen LogP contribution in [0.4, 0.5) is 9.18 Å². The van der Waals surface area contributed by atoms with E-state index < -0.39 is 31.8 Å². The molecule has 5 rings (SSSR count). The van der Waals surface area contributed by atoms with Crippen molar-refractivity contribution in [3.63, 3.8) is 0 Å². The molecule has 3 heterocycles. The van der Waals surface area contributed by atoms with Crippen LogP contribution in [0.1, 0.15) is 66.4 Å². The number of aromatic nitrogens is 3. The second kappa shape index (κ2) is 18.2. The molecule has 0 aliphatic carbocycles. The highest BCUT2D eigenvalue weighted by molar-refractivity contribution is 6.76. The van der Waals surface area contributed by atoms with Gasteiger partial charge in [0, 0.05) is 52.1 Å². The van der Waals surface area contributed by atoms with Crippen LogP contribution in [0.25, 0.3) is 17.0 Å². The van der Waals surface area contributed by atoms with Gasteiger partial charge >= 0.3 is 6.09 Å². The SMILES string of the molecule is Cc1ccc(Cn2cc(C(=O)NC(/C=C/c3cc4cc(CN5CCC(F)CC5)ccc4n3C(=O)OC(C)(C)C)=C/N(C=O)COCC[Si](C)(C)C)cn2)cc1. The summed E-state index contributed by atoms with van der Waals surface area (Å²) in [6.07, 6.45) is 8.42. The fourth-order valence-corrected chi connectivity index (χ4v) is 6.86. The molecule has 0 unspecified atom stereocenters. The van der Waals surface area contributed by atoms with Crippen molar-refractivity contribution in [3.8, 4) is 0 Å². The normalized spacial score (nSPS) is 14.8. The third kappa shape index (κ3) is 12.6. The van der Waals surface area contributed by atoms with E-state index in [1.807, 2.05) is 76.2 Å². The van der Waals surface area contributed by atoms with Crippen LogP contribution in [-0.4, -0.2) is 88.8 Å². The van der Waals surface area contributed by atoms with E-state index >= 15 is 0 Å². The number of carbonyl (C=O) groups is 3. The van der Waals surface area contributed by atoms with Crippen molar-refractivity contribution in [1.82, 2.24) is 29.5 Å². The van der Waals surface area contributed by atoms with E-state index in [0.29, 0.717) is 68.8 Å². The number of piperidine rings is 1. The number of carbonyl (C=O) groups excluding carboxylic acids is 3. The quantitative estimate of drug-likeness (QED) is 0.0430. The molecule has 0 saturated carbocycles. The maximum Gasteiger partial charge on any atom is 0.419 e. The average molecular weight is 771 g/mol. The summed E-state index contributed by atoms with van der Waals surface area (Å²) in [4.78, 5) is 43.1. The summed E-state index contributed by atoms with van der Waals surface area (Å²) in [5.74, 6) is -0.425. The standard InChI is InChI=1S/C42H55FN6O5Si/c1-31-8-10-32(11-9-31)26-48-27-35(24-44-48)40(51)45-37(28-47(29-50)30-53-20-21-55(5,6)7)13-14-38-23-34-22-33(25-46-18-16-36(43)17-19-46)12-15-39(34)49(38)41(52)54-42(2,3)4/h8-15,22-24,27-29,36H,16-21,25-26,30H2,1-7H3,(H,45,51)/b14-13+,37-28+. The minimum absolute atomic E-state index is 0.000373. The molecule has 2 aromatic heterocycles. The summed E-state index contributed by atoms with van der Waals surface area (Å²) in [6.45, 7) is 17.3. The van der Waals surface area contributed by atoms with Crippen molar-refractivity contribution in [2.45, 2.75) is 91.1 Å². The lowest BCUT2D eigenvalue weighted by atomic mass is 10.1. The number of halogens is 1. The highest BCUT2D eigenvalue weighted by Crippen LogP contribution is 2.26. The lowest BCUT2D eigenvalue weighted by Crippen LogP contribution is -2.33. The number of benzene rings is 2. The van der Waals surface area contributed by atoms with Crippen LogP contribution in [0.5, 0.6) is 0 Å². The summed E-state index contributed by atoms with van der Waals surface area (Å²) < 4.78 is 28.6. The first-order valence-electron chi connectivity index (χ1n) is 18.9. The van der Waals surface area contributed by atoms with Crippen molar-refractivity contribution < 1.29 is 28.2 Å². The molecule has 13 heteroatoms. The number of aryl methyl sites for hydroxylation is 1. The molecular formula is C42H55FN6O5Si. The Bertz CT molecular complexity index is 2000. The van der Waals surface area contributed by atoms with Crippen molar-refractivity contribution in [1.29, 1.82) is 0 Å². The molecule has 0 atom stereocenters. The summed E-state index contributed by atoms with van der Waals surface area (Å²) in [5, 5.41) is 8.14. The Hall–Kier alpha value is -4.85. The minimum atomic E-state index is -1.35. The highest BCUT2D eigenvalue weighted by atomic mass is 28.3. The molecule has 2 amide bonds. The van der Waals surface area contributed by atoms with E-state index in [1.54, 1.807) is 23.0 Å². The molecule has 55 heavy (non-hydrogen) atoms. The first-order chi connectivity index (χ1) is 26.0. The van der Waals surface area contributed by atoms with Crippen LogP contribution in [0.2, 0.25) is 25.7 Å². The van der Waals surface area contributed by atoms with Gasteiger partial charge in [-0.25, -0.2) is 13.8 Å². The number of nitrogens with zero attached hydrogens (tertiary/aromatic N) is 5. The minimum Gasteiger partial charge on any atom is -0.443 e. The van der Waals surface area contributed by atoms with Crippen molar-refractivity contribution in [2.24, 2.45) is 0 Å². The highest BCUT2D eigenvalue weighted by Gasteiger charge is 2.23. The van der Waals surface area contributed by atoms with Gasteiger partial charge in [0.15, 0.2) is 0 Å². The number of likely N-dealkylation sites (tertiary alicyclic amines) is 1. The maximum atomic E-state index is 13.8. The molecule has 0 bridgehead atoms. The number of nitrogens with one attached hydrogen (secondary N) is 1. The van der Waals surface area contributed by atoms with E-state index in [2.05, 4.69) is 35.0 Å². The number of hydrogen-bond donors (Lipinski definition) is 1. The molecule has 0 spiro atoms. The van der Waals surface area contributed by atoms with Crippen molar-refractivity contribution in [3.05, 3.63) is 107 Å². The lowest BCUT2D eigenvalue weighted by molar-refractivity contribution is -0.119. The average Bonchev–Trinajstić information content (AvgIpc) is 3.73. The van der Waals surface area contributed by atoms with E-state index in [1.165, 1.54) is 21.9 Å². The second-order valence-corrected chi connectivity index (χ2v) is 22.1. The Morgan fingerprint density at radius 2 is 1.75 bits per heavy atom. The molecule has 0 radical (unpaired) electrons. The van der Waals surface area contributed by atoms with Gasteiger partial charge in [-0.05, 0) is 88.1 Å². The molecule has 2 aromatic carbocycles. The van der Waals surface area contributed by atoms with Gasteiger partial charge in [-0.3, -0.25) is 24.1 Å². The monoisotopic (exact) mass is 770 g/mol. The van der Waals surface area contributed by atoms with Crippen molar-refractivity contribution >= 4 is 43.5 Å². The molecule has 1 aliphatic heterocycles. The molecule has 294 valence electrons. The number of hydrogen-bond acceptors (Lipinski definition) is 7. The Morgan fingerprint density at radius 1 is 1.04 bits per heavy atom. The molecular weight excluding hydrogens is 716 g/mol. The van der Waals surface area contributed by atoms with E-state index in [4.69, 9.17) is 9.47 Å². The molecule has 1 fully saturated rings. The smallest absolute Gasteiger partial charge is 0.419 e. The number of rotatable bonds is 15. The van der Waals surface area contributed by atoms with Gasteiger partial charge in [0.05, 0.1) is 35.2 Å². The van der Waals surface area contributed by atoms with Crippen molar-refractivity contribution in [2.75, 3.05) is 26.4 Å². The number of amides is 2. The zero-order valence-electron chi connectivity index (χ0n) is 33.2. The van der Waals surface area contributed by atoms with Gasteiger partial charge in [-0.2, -0.15) is 5.10 Å². The number of allylic oxidation sites excluding steroid dienone is 1. The molecule has 1 N–H and O–H groups in total. The Balaban J connectivity index is 1.44. The summed E-state index contributed by atoms with van der Waals surface area (Å²) in [5.41, 5.74) is 4.29. The fourth-order valence-electron chi connectivity index (χ4n) is 6.10. The van der Waals surface area contributed by atoms with Crippen LogP contribution < -0.4 is 5.32 Å². The van der Waals surface area contributed by atoms with Crippen LogP contribution in [0, 0.1) is 6.92 Å². The molecule has 1 aliphatic rings. The lowest BCUT2D eigenvalue weighted by Gasteiger charge is -2.28. The second-order valence-electron chi connectivity index (χ2n) is 16.5. The predicted octanol–water partition coefficient (Wildman–Crippen LogP) is 7.97. The van der Waals surface area contributed by atoms with Gasteiger partial charge in [0.25, 0.3) is 5.91 Å². The van der Waals surface area contributed by atoms with Crippen LogP contribution in [-0.2, 0) is 27.4 Å². The fraction of sp³-hybridized carbons (Fsp3) is 0.429. The van der Waals surface area contributed by atoms with Gasteiger partial charge < -0.3 is 14.8 Å². The summed E-state index contributed by atoms with van der Waals surface area (Å²) in [6, 6.07) is 16.8. The number of ether oxygens (including phenoxy) is 2. The zero-order valence-corrected chi connectivity index (χ0v) is 34.2. The Morgan fingerprint density at radius 3 is 2.42 bits per heavy atom. The first kappa shape index (κ1) is 41.3. The van der Waals surface area contributed by atoms with E-state index in [9.17, 15) is 18.8 Å². The molecule has 1 saturated heterocycles. The van der Waals surface area contributed by atoms with Gasteiger partial charge in [0.2, 0.25) is 6.41 Å². The first-order valence-corrected chi connectivity index (χ1v) is 22.6. The molecule has 4 aromatic rings. The van der Waals surface area contributed by atoms with Gasteiger partial charge in [0.1, 0.15) is 18.5 Å². The summed E-state index contributed by atoms with van der Waals surface area (Å²) >= 11 is 0. The third-order valence-corrected chi connectivity index (χ3v) is 10.8. The van der Waals surface area contributed by atoms with Gasteiger partial charge in [-0.15, -0.1) is 0 Å². The number of fused-ring (bicyclic) bond motifs is 1. The Kier molecular flexibility index (Phi) is 13.7. The van der Waals surface area contributed by atoms with Crippen LogP contribution >= 0.6 is 0 Å². The maximum absolute atomic E-state index is 13.8. The van der Waals surface area contributed by atoms with Gasteiger partial charge in [-0.1, -0.05) is 55.5 Å². The zero-order chi connectivity index (χ0) is 39.8. The van der Waals surface area contributed by atoms with Crippen LogP contribution in [0.15, 0.2) is 78.9 Å². The largest absolute Gasteiger partial charge is 0.443 e. The third-order valence-electron chi connectivity index (χ3n) is 9.12. The molecule has 11 nitrogen and oxygen atoms in total. The van der Waals surface area contributed by atoms with Crippen LogP contribution in [0.3, 0.4) is 0 Å². The van der Waals surface area contributed by atoms with E-state index in [0.717, 1.165) is 28.1 Å². The predicted molar refractivity (Wildman–Crippen MR) is 217 cm³/mol. The Labute approximate surface area is 324 Å². The number of alkyl halides is 1. The topological polar surface area (TPSA) is 111 Å². The van der Waals surface area contributed by atoms with E-state index in [-0.39, 0.29) is 12.4 Å².